The van der Waals surface area contributed by atoms with Crippen molar-refractivity contribution in [2.75, 3.05) is 13.2 Å². The highest BCUT2D eigenvalue weighted by atomic mass is 79.9. The van der Waals surface area contributed by atoms with E-state index in [1.165, 1.54) is 0 Å². The largest absolute Gasteiger partial charge is 0.490 e. The molecule has 0 saturated carbocycles. The molecule has 1 atom stereocenters. The highest BCUT2D eigenvalue weighted by molar-refractivity contribution is 9.10. The van der Waals surface area contributed by atoms with Crippen LogP contribution in [0.5, 0.6) is 11.5 Å². The van der Waals surface area contributed by atoms with Crippen LogP contribution in [0.15, 0.2) is 35.1 Å². The number of amides is 1. The molecular formula is C18H24BrN3O3. The Morgan fingerprint density at radius 1 is 1.28 bits per heavy atom. The summed E-state index contributed by atoms with van der Waals surface area (Å²) in [6, 6.07) is 5.72. The summed E-state index contributed by atoms with van der Waals surface area (Å²) in [6.45, 7) is 7.87. The van der Waals surface area contributed by atoms with Crippen molar-refractivity contribution in [3.63, 3.8) is 0 Å². The van der Waals surface area contributed by atoms with Gasteiger partial charge in [-0.3, -0.25) is 9.48 Å². The molecule has 0 fully saturated rings. The highest BCUT2D eigenvalue weighted by Crippen LogP contribution is 2.28. The molecule has 0 bridgehead atoms. The standard InChI is InChI=1S/C18H24BrN3O3/c1-4-24-16-7-6-14(8-17(16)25-5-2)9-20-18(23)13(3)11-22-12-15(19)10-21-22/h6-8,10,12-13H,4-5,9,11H2,1-3H3,(H,20,23). The van der Waals surface area contributed by atoms with Gasteiger partial charge in [0.2, 0.25) is 5.91 Å². The number of carbonyl (C=O) groups is 1. The number of ether oxygens (including phenoxy) is 2. The van der Waals surface area contributed by atoms with E-state index in [4.69, 9.17) is 9.47 Å². The molecule has 1 N–H and O–H groups in total. The van der Waals surface area contributed by atoms with Gasteiger partial charge in [-0.15, -0.1) is 0 Å². The molecule has 25 heavy (non-hydrogen) atoms. The summed E-state index contributed by atoms with van der Waals surface area (Å²) < 4.78 is 13.8. The lowest BCUT2D eigenvalue weighted by molar-refractivity contribution is -0.125. The van der Waals surface area contributed by atoms with E-state index in [9.17, 15) is 4.79 Å². The van der Waals surface area contributed by atoms with Crippen molar-refractivity contribution < 1.29 is 14.3 Å². The summed E-state index contributed by atoms with van der Waals surface area (Å²) in [4.78, 5) is 12.3. The van der Waals surface area contributed by atoms with Crippen LogP contribution in [0, 0.1) is 5.92 Å². The van der Waals surface area contributed by atoms with Gasteiger partial charge in [-0.2, -0.15) is 5.10 Å². The molecular weight excluding hydrogens is 386 g/mol. The molecule has 0 spiro atoms. The van der Waals surface area contributed by atoms with Crippen LogP contribution < -0.4 is 14.8 Å². The summed E-state index contributed by atoms with van der Waals surface area (Å²) in [5, 5.41) is 7.13. The third-order valence-corrected chi connectivity index (χ3v) is 3.99. The zero-order chi connectivity index (χ0) is 18.2. The smallest absolute Gasteiger partial charge is 0.224 e. The first kappa shape index (κ1) is 19.3. The van der Waals surface area contributed by atoms with Crippen LogP contribution in [0.2, 0.25) is 0 Å². The molecule has 1 aromatic carbocycles. The molecule has 0 aliphatic rings. The van der Waals surface area contributed by atoms with Crippen molar-refractivity contribution in [2.24, 2.45) is 5.92 Å². The van der Waals surface area contributed by atoms with Crippen LogP contribution in [0.4, 0.5) is 0 Å². The average molecular weight is 410 g/mol. The SMILES string of the molecule is CCOc1ccc(CNC(=O)C(C)Cn2cc(Br)cn2)cc1OCC. The number of halogens is 1. The molecule has 1 aromatic heterocycles. The number of hydrogen-bond donors (Lipinski definition) is 1. The fraction of sp³-hybridized carbons (Fsp3) is 0.444. The topological polar surface area (TPSA) is 65.4 Å². The molecule has 6 nitrogen and oxygen atoms in total. The molecule has 7 heteroatoms. The Morgan fingerprint density at radius 2 is 2.00 bits per heavy atom. The van der Waals surface area contributed by atoms with Crippen molar-refractivity contribution >= 4 is 21.8 Å². The van der Waals surface area contributed by atoms with Crippen molar-refractivity contribution in [3.8, 4) is 11.5 Å². The normalized spacial score (nSPS) is 11.8. The third-order valence-electron chi connectivity index (χ3n) is 3.58. The quantitative estimate of drug-likeness (QED) is 0.688. The third kappa shape index (κ3) is 5.77. The summed E-state index contributed by atoms with van der Waals surface area (Å²) in [7, 11) is 0. The Morgan fingerprint density at radius 3 is 2.64 bits per heavy atom. The van der Waals surface area contributed by atoms with Crippen LogP contribution in [-0.2, 0) is 17.9 Å². The van der Waals surface area contributed by atoms with Gasteiger partial charge in [-0.25, -0.2) is 0 Å². The van der Waals surface area contributed by atoms with Crippen LogP contribution in [0.3, 0.4) is 0 Å². The lowest BCUT2D eigenvalue weighted by Crippen LogP contribution is -2.31. The van der Waals surface area contributed by atoms with Crippen LogP contribution in [0.1, 0.15) is 26.3 Å². The summed E-state index contributed by atoms with van der Waals surface area (Å²) >= 11 is 3.35. The van der Waals surface area contributed by atoms with E-state index < -0.39 is 0 Å². The van der Waals surface area contributed by atoms with E-state index in [1.807, 2.05) is 45.2 Å². The molecule has 0 radical (unpaired) electrons. The maximum Gasteiger partial charge on any atom is 0.224 e. The van der Waals surface area contributed by atoms with Gasteiger partial charge >= 0.3 is 0 Å². The monoisotopic (exact) mass is 409 g/mol. The van der Waals surface area contributed by atoms with Crippen LogP contribution in [0.25, 0.3) is 0 Å². The van der Waals surface area contributed by atoms with Gasteiger partial charge in [0.1, 0.15) is 0 Å². The Labute approximate surface area is 156 Å². The number of benzene rings is 1. The molecule has 0 saturated heterocycles. The van der Waals surface area contributed by atoms with Crippen molar-refractivity contribution in [1.82, 2.24) is 15.1 Å². The molecule has 136 valence electrons. The van der Waals surface area contributed by atoms with Crippen LogP contribution >= 0.6 is 15.9 Å². The molecule has 2 aromatic rings. The minimum absolute atomic E-state index is 0.0153. The molecule has 0 aliphatic heterocycles. The lowest BCUT2D eigenvalue weighted by atomic mass is 10.1. The second-order valence-electron chi connectivity index (χ2n) is 5.65. The van der Waals surface area contributed by atoms with Gasteiger partial charge < -0.3 is 14.8 Å². The zero-order valence-electron chi connectivity index (χ0n) is 14.8. The highest BCUT2D eigenvalue weighted by Gasteiger charge is 2.14. The van der Waals surface area contributed by atoms with Crippen molar-refractivity contribution in [2.45, 2.75) is 33.9 Å². The summed E-state index contributed by atoms with van der Waals surface area (Å²) in [5.41, 5.74) is 0.967. The van der Waals surface area contributed by atoms with Crippen LogP contribution in [-0.4, -0.2) is 28.9 Å². The van der Waals surface area contributed by atoms with E-state index in [1.54, 1.807) is 10.9 Å². The summed E-state index contributed by atoms with van der Waals surface area (Å²) in [5.74, 6) is 1.22. The molecule has 1 heterocycles. The number of aromatic nitrogens is 2. The number of rotatable bonds is 9. The second kappa shape index (κ2) is 9.46. The van der Waals surface area contributed by atoms with Gasteiger partial charge in [0, 0.05) is 12.7 Å². The van der Waals surface area contributed by atoms with Gasteiger partial charge in [0.15, 0.2) is 11.5 Å². The molecule has 1 unspecified atom stereocenters. The van der Waals surface area contributed by atoms with E-state index >= 15 is 0 Å². The maximum absolute atomic E-state index is 12.3. The average Bonchev–Trinajstić information content (AvgIpc) is 3.00. The fourth-order valence-corrected chi connectivity index (χ4v) is 2.70. The molecule has 1 amide bonds. The second-order valence-corrected chi connectivity index (χ2v) is 6.56. The van der Waals surface area contributed by atoms with Gasteiger partial charge in [0.25, 0.3) is 0 Å². The molecule has 0 aliphatic carbocycles. The van der Waals surface area contributed by atoms with Gasteiger partial charge in [-0.1, -0.05) is 13.0 Å². The van der Waals surface area contributed by atoms with E-state index in [0.29, 0.717) is 32.1 Å². The first-order valence-corrected chi connectivity index (χ1v) is 9.17. The maximum atomic E-state index is 12.3. The van der Waals surface area contributed by atoms with Gasteiger partial charge in [0.05, 0.1) is 36.3 Å². The number of nitrogens with zero attached hydrogens (tertiary/aromatic N) is 2. The van der Waals surface area contributed by atoms with Crippen molar-refractivity contribution in [1.29, 1.82) is 0 Å². The van der Waals surface area contributed by atoms with E-state index in [-0.39, 0.29) is 11.8 Å². The first-order chi connectivity index (χ1) is 12.0. The minimum atomic E-state index is -0.180. The predicted molar refractivity (Wildman–Crippen MR) is 99.7 cm³/mol. The fourth-order valence-electron chi connectivity index (χ4n) is 2.37. The Balaban J connectivity index is 1.92. The van der Waals surface area contributed by atoms with E-state index in [0.717, 1.165) is 15.8 Å². The predicted octanol–water partition coefficient (Wildman–Crippen LogP) is 3.40. The van der Waals surface area contributed by atoms with Crippen molar-refractivity contribution in [3.05, 3.63) is 40.6 Å². The summed E-state index contributed by atoms with van der Waals surface area (Å²) in [6.07, 6.45) is 3.56. The number of nitrogens with one attached hydrogen (secondary N) is 1. The molecule has 2 rings (SSSR count). The van der Waals surface area contributed by atoms with E-state index in [2.05, 4.69) is 26.3 Å². The Bertz CT molecular complexity index is 703. The Kier molecular flexibility index (Phi) is 7.31. The zero-order valence-corrected chi connectivity index (χ0v) is 16.4. The number of hydrogen-bond acceptors (Lipinski definition) is 4. The lowest BCUT2D eigenvalue weighted by Gasteiger charge is -2.14. The first-order valence-electron chi connectivity index (χ1n) is 8.37. The minimum Gasteiger partial charge on any atom is -0.490 e. The number of carbonyl (C=O) groups excluding carboxylic acids is 1. The van der Waals surface area contributed by atoms with Gasteiger partial charge in [-0.05, 0) is 47.5 Å². The Hall–Kier alpha value is -2.02.